The fourth-order valence-corrected chi connectivity index (χ4v) is 2.25. The predicted octanol–water partition coefficient (Wildman–Crippen LogP) is 2.53. The second kappa shape index (κ2) is 4.85. The summed E-state index contributed by atoms with van der Waals surface area (Å²) in [5, 5.41) is 5.23. The number of aromatic nitrogens is 3. The van der Waals surface area contributed by atoms with Crippen LogP contribution < -0.4 is 0 Å². The van der Waals surface area contributed by atoms with Crippen molar-refractivity contribution in [1.82, 2.24) is 14.8 Å². The van der Waals surface area contributed by atoms with Gasteiger partial charge in [0.2, 0.25) is 0 Å². The Morgan fingerprint density at radius 2 is 2.05 bits per heavy atom. The number of hydrogen-bond acceptors (Lipinski definition) is 3. The van der Waals surface area contributed by atoms with E-state index in [-0.39, 0.29) is 17.9 Å². The summed E-state index contributed by atoms with van der Waals surface area (Å²) in [5.74, 6) is -0.968. The predicted molar refractivity (Wildman–Crippen MR) is 72.9 cm³/mol. The highest BCUT2D eigenvalue weighted by atomic mass is 19.1. The molecule has 0 saturated carbocycles. The van der Waals surface area contributed by atoms with Crippen LogP contribution >= 0.6 is 0 Å². The van der Waals surface area contributed by atoms with E-state index in [0.717, 1.165) is 10.9 Å². The van der Waals surface area contributed by atoms with E-state index >= 15 is 0 Å². The molecule has 20 heavy (non-hydrogen) atoms. The normalized spacial score (nSPS) is 10.9. The minimum Gasteiger partial charge on any atom is -0.292 e. The lowest BCUT2D eigenvalue weighted by Crippen LogP contribution is -2.09. The maximum absolute atomic E-state index is 13.6. The molecular formula is C15H12FN3O. The van der Waals surface area contributed by atoms with Gasteiger partial charge in [-0.05, 0) is 18.2 Å². The zero-order chi connectivity index (χ0) is 14.1. The van der Waals surface area contributed by atoms with Gasteiger partial charge < -0.3 is 0 Å². The molecule has 100 valence electrons. The Morgan fingerprint density at radius 3 is 2.85 bits per heavy atom. The first-order valence-corrected chi connectivity index (χ1v) is 6.21. The van der Waals surface area contributed by atoms with Crippen molar-refractivity contribution in [2.45, 2.75) is 6.42 Å². The molecule has 0 aliphatic carbocycles. The van der Waals surface area contributed by atoms with Crippen LogP contribution in [0.15, 0.2) is 42.6 Å². The van der Waals surface area contributed by atoms with E-state index in [2.05, 4.69) is 10.1 Å². The molecule has 1 aromatic carbocycles. The van der Waals surface area contributed by atoms with Gasteiger partial charge in [-0.25, -0.2) is 4.39 Å². The summed E-state index contributed by atoms with van der Waals surface area (Å²) in [5.41, 5.74) is 1.44. The molecule has 2 heterocycles. The fourth-order valence-electron chi connectivity index (χ4n) is 2.25. The number of carbonyl (C=O) groups excluding carboxylic acids is 1. The Balaban J connectivity index is 1.98. The minimum absolute atomic E-state index is 0.0370. The summed E-state index contributed by atoms with van der Waals surface area (Å²) in [6.45, 7) is 0. The Bertz CT molecular complexity index is 795. The van der Waals surface area contributed by atoms with Crippen LogP contribution in [0.2, 0.25) is 0 Å². The van der Waals surface area contributed by atoms with Gasteiger partial charge in [0.05, 0.1) is 17.6 Å². The number of carbonyl (C=O) groups is 1. The molecule has 5 heteroatoms. The molecule has 0 aliphatic rings. The van der Waals surface area contributed by atoms with Crippen molar-refractivity contribution in [3.05, 3.63) is 59.8 Å². The smallest absolute Gasteiger partial charge is 0.190 e. The van der Waals surface area contributed by atoms with Gasteiger partial charge >= 0.3 is 0 Å². The lowest BCUT2D eigenvalue weighted by Gasteiger charge is -1.99. The molecule has 0 fully saturated rings. The molecule has 3 aromatic rings. The van der Waals surface area contributed by atoms with E-state index in [1.165, 1.54) is 18.3 Å². The first kappa shape index (κ1) is 12.5. The van der Waals surface area contributed by atoms with Gasteiger partial charge in [-0.15, -0.1) is 0 Å². The number of benzene rings is 1. The topological polar surface area (TPSA) is 47.8 Å². The van der Waals surface area contributed by atoms with Gasteiger partial charge in [0.25, 0.3) is 0 Å². The summed E-state index contributed by atoms with van der Waals surface area (Å²) in [4.78, 5) is 15.9. The number of ketones is 1. The van der Waals surface area contributed by atoms with E-state index in [1.54, 1.807) is 4.68 Å². The number of para-hydroxylation sites is 1. The van der Waals surface area contributed by atoms with Crippen molar-refractivity contribution in [3.8, 4) is 0 Å². The van der Waals surface area contributed by atoms with Gasteiger partial charge in [0.1, 0.15) is 5.69 Å². The number of halogens is 1. The molecule has 0 atom stereocenters. The number of fused-ring (bicyclic) bond motifs is 1. The van der Waals surface area contributed by atoms with E-state index in [1.807, 2.05) is 31.3 Å². The summed E-state index contributed by atoms with van der Waals surface area (Å²) in [7, 11) is 1.82. The lowest BCUT2D eigenvalue weighted by molar-refractivity contribution is 0.0983. The molecular weight excluding hydrogens is 257 g/mol. The SMILES string of the molecule is Cn1nc(CC(=O)c2ncccc2F)c2ccccc21. The van der Waals surface area contributed by atoms with Crippen molar-refractivity contribution in [1.29, 1.82) is 0 Å². The van der Waals surface area contributed by atoms with Gasteiger partial charge in [-0.3, -0.25) is 14.5 Å². The van der Waals surface area contributed by atoms with Gasteiger partial charge in [-0.1, -0.05) is 18.2 Å². The van der Waals surface area contributed by atoms with Crippen LogP contribution in [0.3, 0.4) is 0 Å². The molecule has 3 rings (SSSR count). The highest BCUT2D eigenvalue weighted by Crippen LogP contribution is 2.19. The van der Waals surface area contributed by atoms with Crippen molar-refractivity contribution in [3.63, 3.8) is 0 Å². The highest BCUT2D eigenvalue weighted by Gasteiger charge is 2.17. The summed E-state index contributed by atoms with van der Waals surface area (Å²) in [6.07, 6.45) is 1.45. The average Bonchev–Trinajstić information content (AvgIpc) is 2.76. The van der Waals surface area contributed by atoms with Crippen molar-refractivity contribution in [2.24, 2.45) is 7.05 Å². The monoisotopic (exact) mass is 269 g/mol. The highest BCUT2D eigenvalue weighted by molar-refractivity contribution is 5.98. The molecule has 0 spiro atoms. The van der Waals surface area contributed by atoms with Crippen LogP contribution in [-0.2, 0) is 13.5 Å². The van der Waals surface area contributed by atoms with Gasteiger partial charge in [0.15, 0.2) is 11.6 Å². The van der Waals surface area contributed by atoms with Crippen LogP contribution in [0.4, 0.5) is 4.39 Å². The van der Waals surface area contributed by atoms with Gasteiger partial charge in [-0.2, -0.15) is 5.10 Å². The first-order valence-electron chi connectivity index (χ1n) is 6.21. The number of pyridine rings is 1. The quantitative estimate of drug-likeness (QED) is 0.686. The van der Waals surface area contributed by atoms with E-state index in [4.69, 9.17) is 0 Å². The zero-order valence-electron chi connectivity index (χ0n) is 10.9. The summed E-state index contributed by atoms with van der Waals surface area (Å²) in [6, 6.07) is 10.3. The van der Waals surface area contributed by atoms with Crippen LogP contribution in [0, 0.1) is 5.82 Å². The lowest BCUT2D eigenvalue weighted by atomic mass is 10.1. The average molecular weight is 269 g/mol. The van der Waals surface area contributed by atoms with Crippen molar-refractivity contribution >= 4 is 16.7 Å². The molecule has 0 unspecified atom stereocenters. The van der Waals surface area contributed by atoms with Crippen LogP contribution in [0.25, 0.3) is 10.9 Å². The van der Waals surface area contributed by atoms with Crippen LogP contribution in [0.1, 0.15) is 16.2 Å². The summed E-state index contributed by atoms with van der Waals surface area (Å²) >= 11 is 0. The van der Waals surface area contributed by atoms with E-state index in [0.29, 0.717) is 5.69 Å². The molecule has 0 bridgehead atoms. The Labute approximate surface area is 114 Å². The Kier molecular flexibility index (Phi) is 3.02. The molecule has 2 aromatic heterocycles. The number of aryl methyl sites for hydroxylation is 1. The minimum atomic E-state index is -0.599. The van der Waals surface area contributed by atoms with Crippen molar-refractivity contribution < 1.29 is 9.18 Å². The Morgan fingerprint density at radius 1 is 1.25 bits per heavy atom. The second-order valence-electron chi connectivity index (χ2n) is 4.52. The fraction of sp³-hybridized carbons (Fsp3) is 0.133. The third-order valence-corrected chi connectivity index (χ3v) is 3.18. The third kappa shape index (κ3) is 2.07. The maximum atomic E-state index is 13.6. The van der Waals surface area contributed by atoms with Gasteiger partial charge in [0, 0.05) is 18.6 Å². The number of hydrogen-bond donors (Lipinski definition) is 0. The Hall–Kier alpha value is -2.56. The number of nitrogens with zero attached hydrogens (tertiary/aromatic N) is 3. The third-order valence-electron chi connectivity index (χ3n) is 3.18. The van der Waals surface area contributed by atoms with Crippen molar-refractivity contribution in [2.75, 3.05) is 0 Å². The number of Topliss-reactive ketones (excluding diaryl/α,β-unsaturated/α-hetero) is 1. The molecule has 0 amide bonds. The molecule has 0 aliphatic heterocycles. The molecule has 4 nitrogen and oxygen atoms in total. The second-order valence-corrected chi connectivity index (χ2v) is 4.52. The zero-order valence-corrected chi connectivity index (χ0v) is 10.9. The maximum Gasteiger partial charge on any atom is 0.190 e. The van der Waals surface area contributed by atoms with Crippen LogP contribution in [0.5, 0.6) is 0 Å². The summed E-state index contributed by atoms with van der Waals surface area (Å²) < 4.78 is 15.3. The standard InChI is InChI=1S/C15H12FN3O/c1-19-13-7-3-2-5-10(13)12(18-19)9-14(20)15-11(16)6-4-8-17-15/h2-8H,9H2,1H3. The number of rotatable bonds is 3. The molecule has 0 saturated heterocycles. The van der Waals surface area contributed by atoms with E-state index in [9.17, 15) is 9.18 Å². The molecule has 0 radical (unpaired) electrons. The molecule has 0 N–H and O–H groups in total. The van der Waals surface area contributed by atoms with E-state index < -0.39 is 5.82 Å². The largest absolute Gasteiger partial charge is 0.292 e. The first-order chi connectivity index (χ1) is 9.66. The van der Waals surface area contributed by atoms with Crippen LogP contribution in [-0.4, -0.2) is 20.5 Å².